The van der Waals surface area contributed by atoms with E-state index in [4.69, 9.17) is 0 Å². The van der Waals surface area contributed by atoms with Crippen LogP contribution in [0.25, 0.3) is 0 Å². The van der Waals surface area contributed by atoms with Crippen molar-refractivity contribution >= 4 is 5.69 Å². The molecule has 2 atom stereocenters. The van der Waals surface area contributed by atoms with Gasteiger partial charge in [-0.2, -0.15) is 0 Å². The smallest absolute Gasteiger partial charge is 0.0376 e. The largest absolute Gasteiger partial charge is 0.384 e. The van der Waals surface area contributed by atoms with E-state index in [-0.39, 0.29) is 0 Å². The lowest BCUT2D eigenvalue weighted by atomic mass is 9.85. The zero-order valence-electron chi connectivity index (χ0n) is 7.59. The van der Waals surface area contributed by atoms with Gasteiger partial charge in [-0.25, -0.2) is 0 Å². The molecule has 1 fully saturated rings. The van der Waals surface area contributed by atoms with Crippen molar-refractivity contribution in [1.29, 1.82) is 0 Å². The third kappa shape index (κ3) is 1.05. The summed E-state index contributed by atoms with van der Waals surface area (Å²) >= 11 is 0. The van der Waals surface area contributed by atoms with Crippen molar-refractivity contribution in [3.8, 4) is 0 Å². The molecule has 3 rings (SSSR count). The summed E-state index contributed by atoms with van der Waals surface area (Å²) in [5.74, 6) is 1.55. The maximum absolute atomic E-state index is 3.49. The van der Waals surface area contributed by atoms with Gasteiger partial charge in [-0.1, -0.05) is 18.2 Å². The average molecular weight is 174 g/mol. The van der Waals surface area contributed by atoms with E-state index < -0.39 is 0 Å². The van der Waals surface area contributed by atoms with Crippen molar-refractivity contribution in [2.24, 2.45) is 5.92 Å². The van der Waals surface area contributed by atoms with E-state index in [1.165, 1.54) is 17.8 Å². The minimum absolute atomic E-state index is 0.748. The second-order valence-electron chi connectivity index (χ2n) is 3.99. The number of para-hydroxylation sites is 1. The third-order valence-corrected chi connectivity index (χ3v) is 3.25. The highest BCUT2D eigenvalue weighted by atomic mass is 15.0. The molecule has 68 valence electrons. The van der Waals surface area contributed by atoms with Crippen LogP contribution < -0.4 is 10.6 Å². The van der Waals surface area contributed by atoms with E-state index in [1.807, 2.05) is 0 Å². The highest BCUT2D eigenvalue weighted by Crippen LogP contribution is 2.36. The normalized spacial score (nSPS) is 30.5. The molecule has 2 aliphatic rings. The zero-order chi connectivity index (χ0) is 8.67. The van der Waals surface area contributed by atoms with Crippen LogP contribution in [0, 0.1) is 5.92 Å². The van der Waals surface area contributed by atoms with Crippen molar-refractivity contribution in [3.05, 3.63) is 29.8 Å². The molecule has 0 spiro atoms. The lowest BCUT2D eigenvalue weighted by Gasteiger charge is -2.28. The lowest BCUT2D eigenvalue weighted by molar-refractivity contribution is 0.530. The minimum atomic E-state index is 0.748. The van der Waals surface area contributed by atoms with Gasteiger partial charge in [-0.15, -0.1) is 0 Å². The van der Waals surface area contributed by atoms with Crippen molar-refractivity contribution in [3.63, 3.8) is 0 Å². The number of fused-ring (bicyclic) bond motifs is 3. The first kappa shape index (κ1) is 7.39. The van der Waals surface area contributed by atoms with Crippen molar-refractivity contribution in [2.75, 3.05) is 25.0 Å². The topological polar surface area (TPSA) is 24.1 Å². The molecule has 2 heterocycles. The maximum atomic E-state index is 3.49. The molecule has 2 heteroatoms. The summed E-state index contributed by atoms with van der Waals surface area (Å²) in [4.78, 5) is 0. The van der Waals surface area contributed by atoms with Gasteiger partial charge >= 0.3 is 0 Å². The van der Waals surface area contributed by atoms with E-state index in [0.717, 1.165) is 24.9 Å². The highest BCUT2D eigenvalue weighted by Gasteiger charge is 2.32. The Labute approximate surface area is 78.3 Å². The van der Waals surface area contributed by atoms with E-state index in [9.17, 15) is 0 Å². The van der Waals surface area contributed by atoms with Crippen molar-refractivity contribution < 1.29 is 0 Å². The molecule has 1 saturated heterocycles. The summed E-state index contributed by atoms with van der Waals surface area (Å²) in [6.07, 6.45) is 0. The zero-order valence-corrected chi connectivity index (χ0v) is 7.59. The first-order valence-corrected chi connectivity index (χ1v) is 4.98. The van der Waals surface area contributed by atoms with Crippen molar-refractivity contribution in [1.82, 2.24) is 5.32 Å². The Kier molecular flexibility index (Phi) is 1.56. The van der Waals surface area contributed by atoms with Gasteiger partial charge in [0.2, 0.25) is 0 Å². The Morgan fingerprint density at radius 2 is 2.00 bits per heavy atom. The fourth-order valence-corrected chi connectivity index (χ4v) is 2.53. The molecule has 13 heavy (non-hydrogen) atoms. The van der Waals surface area contributed by atoms with Gasteiger partial charge in [0.25, 0.3) is 0 Å². The summed E-state index contributed by atoms with van der Waals surface area (Å²) in [5, 5.41) is 6.96. The molecular formula is C11H14N2. The SMILES string of the molecule is c1ccc2c(c1)NC[C@H]1CNC[C@@H]21. The molecule has 0 saturated carbocycles. The summed E-state index contributed by atoms with van der Waals surface area (Å²) in [5.41, 5.74) is 2.84. The van der Waals surface area contributed by atoms with Crippen LogP contribution in [-0.4, -0.2) is 19.6 Å². The van der Waals surface area contributed by atoms with Crippen molar-refractivity contribution in [2.45, 2.75) is 5.92 Å². The van der Waals surface area contributed by atoms with E-state index in [1.54, 1.807) is 0 Å². The predicted molar refractivity (Wildman–Crippen MR) is 54.0 cm³/mol. The molecule has 0 unspecified atom stereocenters. The number of nitrogens with one attached hydrogen (secondary N) is 2. The first-order valence-electron chi connectivity index (χ1n) is 4.98. The van der Waals surface area contributed by atoms with Gasteiger partial charge in [-0.05, 0) is 17.5 Å². The van der Waals surface area contributed by atoms with E-state index in [0.29, 0.717) is 0 Å². The highest BCUT2D eigenvalue weighted by molar-refractivity contribution is 5.55. The second kappa shape index (κ2) is 2.74. The average Bonchev–Trinajstić information content (AvgIpc) is 2.65. The monoisotopic (exact) mass is 174 g/mol. The lowest BCUT2D eigenvalue weighted by Crippen LogP contribution is -2.26. The second-order valence-corrected chi connectivity index (χ2v) is 3.99. The van der Waals surface area contributed by atoms with Crippen LogP contribution in [0.1, 0.15) is 11.5 Å². The molecule has 1 aromatic carbocycles. The standard InChI is InChI=1S/C11H14N2/c1-2-4-11-9(3-1)10-7-12-5-8(10)6-13-11/h1-4,8,10,12-13H,5-7H2/t8-,10-/m1/s1. The Morgan fingerprint density at radius 1 is 1.08 bits per heavy atom. The fraction of sp³-hybridized carbons (Fsp3) is 0.455. The number of hydrogen-bond donors (Lipinski definition) is 2. The number of anilines is 1. The molecule has 0 aliphatic carbocycles. The fourth-order valence-electron chi connectivity index (χ4n) is 2.53. The van der Waals surface area contributed by atoms with Gasteiger partial charge in [0.15, 0.2) is 0 Å². The molecule has 0 amide bonds. The van der Waals surface area contributed by atoms with Crippen LogP contribution in [0.5, 0.6) is 0 Å². The quantitative estimate of drug-likeness (QED) is 0.621. The van der Waals surface area contributed by atoms with Crippen LogP contribution in [0.2, 0.25) is 0 Å². The Hall–Kier alpha value is -1.02. The van der Waals surface area contributed by atoms with Gasteiger partial charge in [0, 0.05) is 31.2 Å². The molecular weight excluding hydrogens is 160 g/mol. The molecule has 2 nitrogen and oxygen atoms in total. The Bertz CT molecular complexity index is 322. The molecule has 2 N–H and O–H groups in total. The molecule has 0 bridgehead atoms. The third-order valence-electron chi connectivity index (χ3n) is 3.25. The summed E-state index contributed by atoms with van der Waals surface area (Å²) in [7, 11) is 0. The van der Waals surface area contributed by atoms with E-state index >= 15 is 0 Å². The molecule has 0 aromatic heterocycles. The van der Waals surface area contributed by atoms with Crippen LogP contribution in [0.15, 0.2) is 24.3 Å². The van der Waals surface area contributed by atoms with Crippen LogP contribution in [0.3, 0.4) is 0 Å². The number of hydrogen-bond acceptors (Lipinski definition) is 2. The minimum Gasteiger partial charge on any atom is -0.384 e. The van der Waals surface area contributed by atoms with Crippen LogP contribution in [-0.2, 0) is 0 Å². The van der Waals surface area contributed by atoms with Crippen LogP contribution >= 0.6 is 0 Å². The molecule has 0 radical (unpaired) electrons. The van der Waals surface area contributed by atoms with Gasteiger partial charge in [0.1, 0.15) is 0 Å². The number of rotatable bonds is 0. The van der Waals surface area contributed by atoms with E-state index in [2.05, 4.69) is 34.9 Å². The van der Waals surface area contributed by atoms with Gasteiger partial charge in [0.05, 0.1) is 0 Å². The van der Waals surface area contributed by atoms with Gasteiger partial charge in [-0.3, -0.25) is 0 Å². The Morgan fingerprint density at radius 3 is 3.00 bits per heavy atom. The first-order chi connectivity index (χ1) is 6.45. The number of benzene rings is 1. The maximum Gasteiger partial charge on any atom is 0.0376 e. The summed E-state index contributed by atoms with van der Waals surface area (Å²) < 4.78 is 0. The predicted octanol–water partition coefficient (Wildman–Crippen LogP) is 1.42. The molecule has 1 aromatic rings. The van der Waals surface area contributed by atoms with Crippen LogP contribution in [0.4, 0.5) is 5.69 Å². The summed E-state index contributed by atoms with van der Waals surface area (Å²) in [6, 6.07) is 8.69. The summed E-state index contributed by atoms with van der Waals surface area (Å²) in [6.45, 7) is 3.46. The van der Waals surface area contributed by atoms with Gasteiger partial charge < -0.3 is 10.6 Å². The Balaban J connectivity index is 2.06. The molecule has 2 aliphatic heterocycles.